The molecule has 2 rings (SSSR count). The molecule has 20 heavy (non-hydrogen) atoms. The van der Waals surface area contributed by atoms with Crippen molar-refractivity contribution < 1.29 is 27.5 Å². The van der Waals surface area contributed by atoms with Gasteiger partial charge < -0.3 is 14.4 Å². The summed E-state index contributed by atoms with van der Waals surface area (Å²) < 4.78 is 45.0. The lowest BCUT2D eigenvalue weighted by Crippen LogP contribution is -2.16. The van der Waals surface area contributed by atoms with E-state index < -0.39 is 12.8 Å². The summed E-state index contributed by atoms with van der Waals surface area (Å²) in [5.41, 5.74) is 1.19. The van der Waals surface area contributed by atoms with E-state index in [-0.39, 0.29) is 24.1 Å². The van der Waals surface area contributed by atoms with Crippen molar-refractivity contribution in [3.63, 3.8) is 0 Å². The lowest BCUT2D eigenvalue weighted by molar-refractivity contribution is -0.177. The molecular formula is C12H11F3N2O3. The average Bonchev–Trinajstić information content (AvgIpc) is 2.80. The van der Waals surface area contributed by atoms with E-state index in [4.69, 9.17) is 4.52 Å². The third kappa shape index (κ3) is 3.70. The number of phenolic OH excluding ortho intramolecular Hbond substituents is 1. The van der Waals surface area contributed by atoms with Crippen molar-refractivity contribution in [2.75, 3.05) is 6.61 Å². The van der Waals surface area contributed by atoms with Crippen molar-refractivity contribution in [1.82, 2.24) is 10.1 Å². The van der Waals surface area contributed by atoms with Gasteiger partial charge in [-0.25, -0.2) is 0 Å². The number of rotatable bonds is 4. The summed E-state index contributed by atoms with van der Waals surface area (Å²) >= 11 is 0. The number of ether oxygens (including phenoxy) is 1. The molecule has 0 aliphatic carbocycles. The molecule has 0 fully saturated rings. The SMILES string of the molecule is Cc1cc(-c2nc(COCC(F)(F)F)no2)ccc1O. The molecule has 0 saturated heterocycles. The van der Waals surface area contributed by atoms with Gasteiger partial charge in [0, 0.05) is 5.56 Å². The number of alkyl halides is 3. The van der Waals surface area contributed by atoms with Crippen LogP contribution < -0.4 is 0 Å². The molecule has 1 aromatic carbocycles. The first-order chi connectivity index (χ1) is 9.35. The molecule has 0 unspecified atom stereocenters. The van der Waals surface area contributed by atoms with Crippen LogP contribution in [0.2, 0.25) is 0 Å². The zero-order valence-electron chi connectivity index (χ0n) is 10.4. The Morgan fingerprint density at radius 1 is 1.35 bits per heavy atom. The fraction of sp³-hybridized carbons (Fsp3) is 0.333. The first kappa shape index (κ1) is 14.3. The molecule has 108 valence electrons. The Labute approximate surface area is 112 Å². The van der Waals surface area contributed by atoms with Gasteiger partial charge in [-0.2, -0.15) is 18.2 Å². The number of aryl methyl sites for hydroxylation is 1. The van der Waals surface area contributed by atoms with Gasteiger partial charge >= 0.3 is 6.18 Å². The quantitative estimate of drug-likeness (QED) is 0.937. The first-order valence-corrected chi connectivity index (χ1v) is 5.62. The summed E-state index contributed by atoms with van der Waals surface area (Å²) in [7, 11) is 0. The van der Waals surface area contributed by atoms with Crippen LogP contribution in [0.4, 0.5) is 13.2 Å². The van der Waals surface area contributed by atoms with Gasteiger partial charge in [-0.05, 0) is 30.7 Å². The Morgan fingerprint density at radius 3 is 2.75 bits per heavy atom. The monoisotopic (exact) mass is 288 g/mol. The minimum atomic E-state index is -4.39. The number of hydrogen-bond acceptors (Lipinski definition) is 5. The molecule has 0 atom stereocenters. The molecule has 8 heteroatoms. The van der Waals surface area contributed by atoms with Crippen LogP contribution >= 0.6 is 0 Å². The van der Waals surface area contributed by atoms with Gasteiger partial charge in [0.1, 0.15) is 19.0 Å². The summed E-state index contributed by atoms with van der Waals surface area (Å²) in [6.45, 7) is -0.0577. The summed E-state index contributed by atoms with van der Waals surface area (Å²) in [6.07, 6.45) is -4.39. The Morgan fingerprint density at radius 2 is 2.10 bits per heavy atom. The number of benzene rings is 1. The molecule has 0 bridgehead atoms. The van der Waals surface area contributed by atoms with Crippen molar-refractivity contribution in [2.24, 2.45) is 0 Å². The first-order valence-electron chi connectivity index (χ1n) is 5.62. The van der Waals surface area contributed by atoms with Crippen molar-refractivity contribution >= 4 is 0 Å². The normalized spacial score (nSPS) is 11.8. The maximum absolute atomic E-state index is 11.9. The van der Waals surface area contributed by atoms with E-state index >= 15 is 0 Å². The zero-order chi connectivity index (χ0) is 14.8. The molecule has 1 heterocycles. The third-order valence-corrected chi connectivity index (χ3v) is 2.41. The standard InChI is InChI=1S/C12H11F3N2O3/c1-7-4-8(2-3-9(7)18)11-16-10(17-20-11)5-19-6-12(13,14)15/h2-4,18H,5-6H2,1H3. The van der Waals surface area contributed by atoms with Crippen LogP contribution in [0.25, 0.3) is 11.5 Å². The van der Waals surface area contributed by atoms with Crippen molar-refractivity contribution in [1.29, 1.82) is 0 Å². The van der Waals surface area contributed by atoms with E-state index in [1.54, 1.807) is 19.1 Å². The van der Waals surface area contributed by atoms with Crippen molar-refractivity contribution in [3.8, 4) is 17.2 Å². The summed E-state index contributed by atoms with van der Waals surface area (Å²) in [6, 6.07) is 4.66. The lowest BCUT2D eigenvalue weighted by Gasteiger charge is -2.04. The van der Waals surface area contributed by atoms with Crippen LogP contribution in [0, 0.1) is 6.92 Å². The fourth-order valence-corrected chi connectivity index (χ4v) is 1.48. The van der Waals surface area contributed by atoms with Crippen molar-refractivity contribution in [2.45, 2.75) is 19.7 Å². The number of phenols is 1. The van der Waals surface area contributed by atoms with Crippen LogP contribution in [0.1, 0.15) is 11.4 Å². The van der Waals surface area contributed by atoms with E-state index in [1.165, 1.54) is 6.07 Å². The molecule has 1 aromatic heterocycles. The Bertz CT molecular complexity index is 596. The average molecular weight is 288 g/mol. The molecule has 0 spiro atoms. The topological polar surface area (TPSA) is 68.4 Å². The highest BCUT2D eigenvalue weighted by Gasteiger charge is 2.27. The van der Waals surface area contributed by atoms with Gasteiger partial charge in [0.2, 0.25) is 0 Å². The molecular weight excluding hydrogens is 277 g/mol. The minimum absolute atomic E-state index is 0.0231. The van der Waals surface area contributed by atoms with Gasteiger partial charge in [-0.3, -0.25) is 0 Å². The Kier molecular flexibility index (Phi) is 3.93. The molecule has 0 radical (unpaired) electrons. The number of aromatic nitrogens is 2. The molecule has 2 aromatic rings. The van der Waals surface area contributed by atoms with Crippen LogP contribution in [-0.2, 0) is 11.3 Å². The molecule has 0 aliphatic rings. The second-order valence-corrected chi connectivity index (χ2v) is 4.13. The second kappa shape index (κ2) is 5.49. The third-order valence-electron chi connectivity index (χ3n) is 2.41. The Hall–Kier alpha value is -2.09. The van der Waals surface area contributed by atoms with E-state index in [2.05, 4.69) is 14.9 Å². The Balaban J connectivity index is 2.03. The molecule has 0 saturated carbocycles. The maximum atomic E-state index is 11.9. The van der Waals surface area contributed by atoms with Gasteiger partial charge in [0.25, 0.3) is 5.89 Å². The predicted octanol–water partition coefficient (Wildman–Crippen LogP) is 2.83. The van der Waals surface area contributed by atoms with E-state index in [1.807, 2.05) is 0 Å². The highest BCUT2D eigenvalue weighted by atomic mass is 19.4. The summed E-state index contributed by atoms with van der Waals surface area (Å²) in [5.74, 6) is 0.302. The maximum Gasteiger partial charge on any atom is 0.411 e. The largest absolute Gasteiger partial charge is 0.508 e. The smallest absolute Gasteiger partial charge is 0.411 e. The van der Waals surface area contributed by atoms with Gasteiger partial charge in [0.15, 0.2) is 5.82 Å². The highest BCUT2D eigenvalue weighted by Crippen LogP contribution is 2.24. The van der Waals surface area contributed by atoms with E-state index in [9.17, 15) is 18.3 Å². The number of aromatic hydroxyl groups is 1. The summed E-state index contributed by atoms with van der Waals surface area (Å²) in [4.78, 5) is 3.92. The van der Waals surface area contributed by atoms with Crippen molar-refractivity contribution in [3.05, 3.63) is 29.6 Å². The predicted molar refractivity (Wildman–Crippen MR) is 61.8 cm³/mol. The van der Waals surface area contributed by atoms with Crippen LogP contribution in [0.3, 0.4) is 0 Å². The van der Waals surface area contributed by atoms with Gasteiger partial charge in [-0.15, -0.1) is 0 Å². The van der Waals surface area contributed by atoms with Crippen LogP contribution in [-0.4, -0.2) is 28.0 Å². The van der Waals surface area contributed by atoms with Gasteiger partial charge in [-0.1, -0.05) is 5.16 Å². The van der Waals surface area contributed by atoms with Crippen LogP contribution in [0.5, 0.6) is 5.75 Å². The number of halogens is 3. The number of hydrogen-bond donors (Lipinski definition) is 1. The summed E-state index contributed by atoms with van der Waals surface area (Å²) in [5, 5.41) is 12.9. The molecule has 0 amide bonds. The number of nitrogens with zero attached hydrogens (tertiary/aromatic N) is 2. The zero-order valence-corrected chi connectivity index (χ0v) is 10.4. The lowest BCUT2D eigenvalue weighted by atomic mass is 10.1. The fourth-order valence-electron chi connectivity index (χ4n) is 1.48. The molecule has 0 aliphatic heterocycles. The minimum Gasteiger partial charge on any atom is -0.508 e. The van der Waals surface area contributed by atoms with E-state index in [0.717, 1.165) is 0 Å². The van der Waals surface area contributed by atoms with E-state index in [0.29, 0.717) is 11.1 Å². The highest BCUT2D eigenvalue weighted by molar-refractivity contribution is 5.56. The molecule has 1 N–H and O–H groups in total. The second-order valence-electron chi connectivity index (χ2n) is 4.13. The van der Waals surface area contributed by atoms with Gasteiger partial charge in [0.05, 0.1) is 0 Å². The van der Waals surface area contributed by atoms with Crippen LogP contribution in [0.15, 0.2) is 22.7 Å². The molecule has 5 nitrogen and oxygen atoms in total.